The topological polar surface area (TPSA) is 44.5 Å². The second kappa shape index (κ2) is 3.86. The van der Waals surface area contributed by atoms with Crippen molar-refractivity contribution in [2.75, 3.05) is 6.61 Å². The molecule has 1 heterocycles. The number of rotatable bonds is 3. The smallest absolute Gasteiger partial charge is 0.253 e. The van der Waals surface area contributed by atoms with Crippen LogP contribution in [0.4, 0.5) is 8.78 Å². The van der Waals surface area contributed by atoms with Crippen LogP contribution in [0.3, 0.4) is 0 Å². The van der Waals surface area contributed by atoms with E-state index in [9.17, 15) is 8.78 Å². The summed E-state index contributed by atoms with van der Waals surface area (Å²) in [5, 5.41) is 0. The van der Waals surface area contributed by atoms with Crippen molar-refractivity contribution in [3.05, 3.63) is 0 Å². The first-order valence-electron chi connectivity index (χ1n) is 4.26. The Hall–Kier alpha value is -0.260. The molecule has 2 atom stereocenters. The second-order valence-electron chi connectivity index (χ2n) is 3.68. The van der Waals surface area contributed by atoms with Crippen LogP contribution in [-0.2, 0) is 9.47 Å². The van der Waals surface area contributed by atoms with Crippen molar-refractivity contribution in [1.82, 2.24) is 0 Å². The van der Waals surface area contributed by atoms with Gasteiger partial charge in [-0.05, 0) is 20.3 Å². The Bertz CT molecular complexity index is 176. The summed E-state index contributed by atoms with van der Waals surface area (Å²) in [6.45, 7) is 3.84. The summed E-state index contributed by atoms with van der Waals surface area (Å²) in [5.74, 6) is -0.660. The first-order chi connectivity index (χ1) is 5.91. The third-order valence-electron chi connectivity index (χ3n) is 1.93. The minimum absolute atomic E-state index is 0.140. The molecule has 1 fully saturated rings. The maximum atomic E-state index is 12.1. The fourth-order valence-electron chi connectivity index (χ4n) is 1.29. The van der Waals surface area contributed by atoms with Gasteiger partial charge >= 0.3 is 0 Å². The third kappa shape index (κ3) is 3.17. The molecule has 0 bridgehead atoms. The summed E-state index contributed by atoms with van der Waals surface area (Å²) in [4.78, 5) is 0. The highest BCUT2D eigenvalue weighted by molar-refractivity contribution is 4.76. The molecular formula is C8H15F2NO2. The van der Waals surface area contributed by atoms with Gasteiger partial charge in [-0.3, -0.25) is 0 Å². The van der Waals surface area contributed by atoms with Crippen molar-refractivity contribution in [3.63, 3.8) is 0 Å². The number of halogens is 2. The fourth-order valence-corrected chi connectivity index (χ4v) is 1.29. The van der Waals surface area contributed by atoms with Crippen molar-refractivity contribution in [2.24, 2.45) is 5.73 Å². The summed E-state index contributed by atoms with van der Waals surface area (Å²) in [7, 11) is 0. The van der Waals surface area contributed by atoms with Crippen LogP contribution in [0.5, 0.6) is 0 Å². The van der Waals surface area contributed by atoms with Gasteiger partial charge in [0.05, 0.1) is 18.8 Å². The van der Waals surface area contributed by atoms with E-state index >= 15 is 0 Å². The van der Waals surface area contributed by atoms with Crippen LogP contribution >= 0.6 is 0 Å². The van der Waals surface area contributed by atoms with E-state index in [1.165, 1.54) is 0 Å². The number of hydrogen-bond donors (Lipinski definition) is 1. The van der Waals surface area contributed by atoms with Crippen LogP contribution in [-0.4, -0.2) is 31.0 Å². The van der Waals surface area contributed by atoms with Gasteiger partial charge < -0.3 is 15.2 Å². The Morgan fingerprint density at radius 2 is 2.15 bits per heavy atom. The first kappa shape index (κ1) is 10.8. The minimum atomic E-state index is -2.49. The number of hydrogen-bond acceptors (Lipinski definition) is 3. The lowest BCUT2D eigenvalue weighted by atomic mass is 10.1. The zero-order valence-electron chi connectivity index (χ0n) is 7.80. The van der Waals surface area contributed by atoms with E-state index in [1.807, 2.05) is 0 Å². The molecule has 2 unspecified atom stereocenters. The first-order valence-corrected chi connectivity index (χ1v) is 4.26. The lowest BCUT2D eigenvalue weighted by Crippen LogP contribution is -2.34. The van der Waals surface area contributed by atoms with Crippen LogP contribution < -0.4 is 5.73 Å². The predicted octanol–water partition coefficient (Wildman–Crippen LogP) is 1.12. The molecule has 0 aromatic carbocycles. The molecule has 0 radical (unpaired) electrons. The molecule has 0 aliphatic carbocycles. The SMILES string of the molecule is CC1(C)OCC(CC(N)C(F)F)O1. The van der Waals surface area contributed by atoms with Gasteiger partial charge in [0.25, 0.3) is 6.43 Å². The molecule has 0 aromatic rings. The largest absolute Gasteiger partial charge is 0.348 e. The molecule has 1 saturated heterocycles. The molecule has 0 amide bonds. The quantitative estimate of drug-likeness (QED) is 0.734. The van der Waals surface area contributed by atoms with Crippen LogP contribution in [0.15, 0.2) is 0 Å². The monoisotopic (exact) mass is 195 g/mol. The highest BCUT2D eigenvalue weighted by atomic mass is 19.3. The highest BCUT2D eigenvalue weighted by Gasteiger charge is 2.34. The average Bonchev–Trinajstić information content (AvgIpc) is 2.30. The zero-order chi connectivity index (χ0) is 10.1. The third-order valence-corrected chi connectivity index (χ3v) is 1.93. The number of nitrogens with two attached hydrogens (primary N) is 1. The second-order valence-corrected chi connectivity index (χ2v) is 3.68. The Morgan fingerprint density at radius 3 is 2.54 bits per heavy atom. The summed E-state index contributed by atoms with van der Waals surface area (Å²) < 4.78 is 34.7. The van der Waals surface area contributed by atoms with Gasteiger partial charge in [-0.2, -0.15) is 0 Å². The molecule has 5 heteroatoms. The highest BCUT2D eigenvalue weighted by Crippen LogP contribution is 2.25. The van der Waals surface area contributed by atoms with E-state index in [0.717, 1.165) is 0 Å². The molecule has 13 heavy (non-hydrogen) atoms. The molecule has 1 aliphatic rings. The Labute approximate surface area is 76.2 Å². The van der Waals surface area contributed by atoms with Gasteiger partial charge in [0.2, 0.25) is 0 Å². The van der Waals surface area contributed by atoms with E-state index in [1.54, 1.807) is 13.8 Å². The molecule has 2 N–H and O–H groups in total. The molecule has 0 saturated carbocycles. The van der Waals surface area contributed by atoms with Crippen molar-refractivity contribution in [2.45, 2.75) is 44.6 Å². The van der Waals surface area contributed by atoms with Crippen LogP contribution in [0, 0.1) is 0 Å². The lowest BCUT2D eigenvalue weighted by Gasteiger charge is -2.18. The standard InChI is InChI=1S/C8H15F2NO2/c1-8(2)12-4-5(13-8)3-6(11)7(9)10/h5-7H,3-4,11H2,1-2H3. The van der Waals surface area contributed by atoms with E-state index < -0.39 is 18.3 Å². The minimum Gasteiger partial charge on any atom is -0.348 e. The Morgan fingerprint density at radius 1 is 1.54 bits per heavy atom. The van der Waals surface area contributed by atoms with E-state index in [4.69, 9.17) is 15.2 Å². The number of alkyl halides is 2. The van der Waals surface area contributed by atoms with E-state index in [-0.39, 0.29) is 12.5 Å². The molecule has 0 aromatic heterocycles. The van der Waals surface area contributed by atoms with Gasteiger partial charge in [-0.1, -0.05) is 0 Å². The van der Waals surface area contributed by atoms with Gasteiger partial charge in [-0.15, -0.1) is 0 Å². The normalized spacial score (nSPS) is 29.5. The number of ether oxygens (including phenoxy) is 2. The predicted molar refractivity (Wildman–Crippen MR) is 43.5 cm³/mol. The molecule has 78 valence electrons. The summed E-state index contributed by atoms with van der Waals surface area (Å²) in [6.07, 6.45) is -2.66. The molecular weight excluding hydrogens is 180 g/mol. The van der Waals surface area contributed by atoms with Crippen LogP contribution in [0.25, 0.3) is 0 Å². The van der Waals surface area contributed by atoms with Crippen LogP contribution in [0.2, 0.25) is 0 Å². The maximum absolute atomic E-state index is 12.1. The van der Waals surface area contributed by atoms with E-state index in [0.29, 0.717) is 6.61 Å². The Kier molecular flexibility index (Phi) is 3.21. The summed E-state index contributed by atoms with van der Waals surface area (Å²) in [5.41, 5.74) is 5.20. The van der Waals surface area contributed by atoms with Gasteiger partial charge in [0.15, 0.2) is 5.79 Å². The van der Waals surface area contributed by atoms with Crippen molar-refractivity contribution >= 4 is 0 Å². The molecule has 3 nitrogen and oxygen atoms in total. The summed E-state index contributed by atoms with van der Waals surface area (Å²) >= 11 is 0. The maximum Gasteiger partial charge on any atom is 0.253 e. The zero-order valence-corrected chi connectivity index (χ0v) is 7.80. The molecule has 1 rings (SSSR count). The molecule has 1 aliphatic heterocycles. The van der Waals surface area contributed by atoms with E-state index in [2.05, 4.69) is 0 Å². The van der Waals surface area contributed by atoms with Gasteiger partial charge in [0, 0.05) is 0 Å². The average molecular weight is 195 g/mol. The van der Waals surface area contributed by atoms with Crippen molar-refractivity contribution in [3.8, 4) is 0 Å². The lowest BCUT2D eigenvalue weighted by molar-refractivity contribution is -0.140. The summed E-state index contributed by atoms with van der Waals surface area (Å²) in [6, 6.07) is -1.12. The van der Waals surface area contributed by atoms with Gasteiger partial charge in [0.1, 0.15) is 0 Å². The van der Waals surface area contributed by atoms with Crippen molar-refractivity contribution in [1.29, 1.82) is 0 Å². The molecule has 0 spiro atoms. The van der Waals surface area contributed by atoms with Gasteiger partial charge in [-0.25, -0.2) is 8.78 Å². The van der Waals surface area contributed by atoms with Crippen molar-refractivity contribution < 1.29 is 18.3 Å². The fraction of sp³-hybridized carbons (Fsp3) is 1.00. The Balaban J connectivity index is 2.32. The van der Waals surface area contributed by atoms with Crippen LogP contribution in [0.1, 0.15) is 20.3 Å².